The smallest absolute Gasteiger partial charge is 0.415 e. The van der Waals surface area contributed by atoms with E-state index < -0.39 is 0 Å². The van der Waals surface area contributed by atoms with E-state index >= 15 is 0 Å². The minimum atomic E-state index is -0.00176. The van der Waals surface area contributed by atoms with Crippen LogP contribution in [0, 0.1) is 0 Å². The summed E-state index contributed by atoms with van der Waals surface area (Å²) >= 11 is 0. The van der Waals surface area contributed by atoms with Gasteiger partial charge in [-0.2, -0.15) is 4.57 Å². The van der Waals surface area contributed by atoms with Gasteiger partial charge in [0.05, 0.1) is 7.05 Å². The molecule has 0 radical (unpaired) electrons. The molecular weight excluding hydrogens is 281 g/mol. The summed E-state index contributed by atoms with van der Waals surface area (Å²) in [5.41, 5.74) is 0. The Kier molecular flexibility index (Phi) is 4.97. The maximum Gasteiger partial charge on any atom is 0.415 e. The van der Waals surface area contributed by atoms with Gasteiger partial charge in [0.15, 0.2) is 0 Å². The van der Waals surface area contributed by atoms with E-state index in [-0.39, 0.29) is 30.0 Å². The highest BCUT2D eigenvalue weighted by Gasteiger charge is 2.14. The Hall–Kier alpha value is -0.590. The first-order valence-electron chi connectivity index (χ1n) is 3.94. The number of carbonyl (C=O) groups excluding carboxylic acids is 1. The first kappa shape index (κ1) is 12.4. The number of nitrogens with zero attached hydrogens (tertiary/aromatic N) is 3. The van der Waals surface area contributed by atoms with E-state index in [0.29, 0.717) is 0 Å². The highest BCUT2D eigenvalue weighted by atomic mass is 127. The molecule has 0 atom stereocenters. The molecule has 13 heavy (non-hydrogen) atoms. The molecule has 74 valence electrons. The molecule has 0 bridgehead atoms. The van der Waals surface area contributed by atoms with Gasteiger partial charge < -0.3 is 28.9 Å². The van der Waals surface area contributed by atoms with Crippen molar-refractivity contribution in [2.75, 3.05) is 13.6 Å². The van der Waals surface area contributed by atoms with Gasteiger partial charge in [-0.15, -0.1) is 0 Å². The standard InChI is InChI=1S/C8H14N3O.HI/c1-4-10(3)8(12)11-6-5-9(2)7-11;/h5-7H,4H2,1-3H3;1H/q+1;/p-1. The van der Waals surface area contributed by atoms with E-state index in [1.165, 1.54) is 0 Å². The van der Waals surface area contributed by atoms with Crippen LogP contribution in [-0.2, 0) is 7.05 Å². The molecule has 0 saturated heterocycles. The van der Waals surface area contributed by atoms with Crippen molar-refractivity contribution >= 4 is 6.03 Å². The number of carbonyl (C=O) groups is 1. The molecule has 4 nitrogen and oxygen atoms in total. The molecule has 1 rings (SSSR count). The summed E-state index contributed by atoms with van der Waals surface area (Å²) in [6.07, 6.45) is 5.32. The molecule has 0 aliphatic heterocycles. The molecule has 0 N–H and O–H groups in total. The van der Waals surface area contributed by atoms with Crippen LogP contribution >= 0.6 is 0 Å². The van der Waals surface area contributed by atoms with Gasteiger partial charge in [-0.25, -0.2) is 9.36 Å². The second kappa shape index (κ2) is 5.21. The number of imidazole rings is 1. The molecule has 1 heterocycles. The fourth-order valence-electron chi connectivity index (χ4n) is 0.896. The summed E-state index contributed by atoms with van der Waals surface area (Å²) in [6.45, 7) is 2.67. The third kappa shape index (κ3) is 2.98. The van der Waals surface area contributed by atoms with Crippen LogP contribution in [0.4, 0.5) is 4.79 Å². The second-order valence-electron chi connectivity index (χ2n) is 2.78. The van der Waals surface area contributed by atoms with Crippen molar-refractivity contribution in [3.8, 4) is 0 Å². The minimum absolute atomic E-state index is 0. The van der Waals surface area contributed by atoms with Gasteiger partial charge in [0.1, 0.15) is 12.4 Å². The SMILES string of the molecule is CCN(C)C(=O)n1cc[n+](C)c1.[I-]. The number of amides is 1. The summed E-state index contributed by atoms with van der Waals surface area (Å²) < 4.78 is 3.39. The topological polar surface area (TPSA) is 29.1 Å². The van der Waals surface area contributed by atoms with Gasteiger partial charge in [-0.05, 0) is 6.92 Å². The highest BCUT2D eigenvalue weighted by Crippen LogP contribution is 1.90. The van der Waals surface area contributed by atoms with Crippen molar-refractivity contribution in [1.29, 1.82) is 0 Å². The maximum absolute atomic E-state index is 11.5. The van der Waals surface area contributed by atoms with Crippen molar-refractivity contribution in [2.24, 2.45) is 7.05 Å². The monoisotopic (exact) mass is 295 g/mol. The number of aryl methyl sites for hydroxylation is 1. The van der Waals surface area contributed by atoms with E-state index in [2.05, 4.69) is 0 Å². The van der Waals surface area contributed by atoms with Gasteiger partial charge in [-0.1, -0.05) is 0 Å². The van der Waals surface area contributed by atoms with Crippen LogP contribution in [-0.4, -0.2) is 29.1 Å². The second-order valence-corrected chi connectivity index (χ2v) is 2.78. The molecule has 1 aromatic rings. The van der Waals surface area contributed by atoms with Gasteiger partial charge in [-0.3, -0.25) is 0 Å². The van der Waals surface area contributed by atoms with Crippen LogP contribution in [0.25, 0.3) is 0 Å². The summed E-state index contributed by atoms with van der Waals surface area (Å²) in [5, 5.41) is 0. The van der Waals surface area contributed by atoms with Gasteiger partial charge in [0.2, 0.25) is 0 Å². The molecule has 1 amide bonds. The number of halogens is 1. The summed E-state index contributed by atoms with van der Waals surface area (Å²) in [7, 11) is 3.66. The zero-order valence-electron chi connectivity index (χ0n) is 8.07. The van der Waals surface area contributed by atoms with Crippen molar-refractivity contribution in [3.63, 3.8) is 0 Å². The van der Waals surface area contributed by atoms with E-state index in [4.69, 9.17) is 0 Å². The molecular formula is C8H14IN3O. The number of rotatable bonds is 1. The minimum Gasteiger partial charge on any atom is -1.00 e. The van der Waals surface area contributed by atoms with Crippen LogP contribution in [0.3, 0.4) is 0 Å². The van der Waals surface area contributed by atoms with Crippen molar-refractivity contribution in [2.45, 2.75) is 6.92 Å². The van der Waals surface area contributed by atoms with Gasteiger partial charge in [0.25, 0.3) is 6.33 Å². The number of hydrogen-bond acceptors (Lipinski definition) is 1. The molecule has 0 spiro atoms. The molecule has 1 aromatic heterocycles. The number of hydrogen-bond donors (Lipinski definition) is 0. The van der Waals surface area contributed by atoms with Crippen molar-refractivity contribution in [1.82, 2.24) is 9.47 Å². The zero-order valence-corrected chi connectivity index (χ0v) is 10.2. The average molecular weight is 295 g/mol. The largest absolute Gasteiger partial charge is 1.00 e. The third-order valence-corrected chi connectivity index (χ3v) is 1.79. The molecule has 5 heteroatoms. The molecule has 0 fully saturated rings. The lowest BCUT2D eigenvalue weighted by atomic mass is 10.6. The highest BCUT2D eigenvalue weighted by molar-refractivity contribution is 5.76. The molecule has 0 aliphatic rings. The molecule has 0 aromatic carbocycles. The number of aromatic nitrogens is 2. The zero-order chi connectivity index (χ0) is 9.14. The Bertz CT molecular complexity index is 285. The van der Waals surface area contributed by atoms with E-state index in [0.717, 1.165) is 6.54 Å². The summed E-state index contributed by atoms with van der Waals surface area (Å²) in [4.78, 5) is 13.1. The van der Waals surface area contributed by atoms with E-state index in [1.54, 1.807) is 29.0 Å². The maximum atomic E-state index is 11.5. The lowest BCUT2D eigenvalue weighted by Crippen LogP contribution is -3.00. The van der Waals surface area contributed by atoms with Crippen molar-refractivity contribution < 1.29 is 33.3 Å². The predicted octanol–water partition coefficient (Wildman–Crippen LogP) is -2.76. The Morgan fingerprint density at radius 1 is 1.62 bits per heavy atom. The fourth-order valence-corrected chi connectivity index (χ4v) is 0.896. The Morgan fingerprint density at radius 2 is 2.23 bits per heavy atom. The van der Waals surface area contributed by atoms with Crippen LogP contribution in [0.1, 0.15) is 6.92 Å². The Morgan fingerprint density at radius 3 is 2.62 bits per heavy atom. The quantitative estimate of drug-likeness (QED) is 0.408. The normalized spacial score (nSPS) is 9.15. The lowest BCUT2D eigenvalue weighted by Gasteiger charge is -2.09. The Labute approximate surface area is 95.2 Å². The fraction of sp³-hybridized carbons (Fsp3) is 0.500. The predicted molar refractivity (Wildman–Crippen MR) is 44.7 cm³/mol. The van der Waals surface area contributed by atoms with E-state index in [1.807, 2.05) is 24.7 Å². The van der Waals surface area contributed by atoms with Crippen LogP contribution in [0.15, 0.2) is 18.7 Å². The van der Waals surface area contributed by atoms with Crippen molar-refractivity contribution in [3.05, 3.63) is 18.7 Å². The lowest BCUT2D eigenvalue weighted by molar-refractivity contribution is -0.670. The van der Waals surface area contributed by atoms with E-state index in [9.17, 15) is 4.79 Å². The van der Waals surface area contributed by atoms with Crippen LogP contribution < -0.4 is 28.5 Å². The van der Waals surface area contributed by atoms with Gasteiger partial charge in [0, 0.05) is 13.6 Å². The summed E-state index contributed by atoms with van der Waals surface area (Å²) in [6, 6.07) is -0.00176. The molecule has 0 aliphatic carbocycles. The molecule has 0 unspecified atom stereocenters. The van der Waals surface area contributed by atoms with Crippen LogP contribution in [0.2, 0.25) is 0 Å². The Balaban J connectivity index is 0.00000144. The third-order valence-electron chi connectivity index (χ3n) is 1.79. The average Bonchev–Trinajstić information content (AvgIpc) is 2.49. The summed E-state index contributed by atoms with van der Waals surface area (Å²) in [5.74, 6) is 0. The first-order valence-corrected chi connectivity index (χ1v) is 3.94. The van der Waals surface area contributed by atoms with Gasteiger partial charge >= 0.3 is 6.03 Å². The molecule has 0 saturated carbocycles. The van der Waals surface area contributed by atoms with Crippen LogP contribution in [0.5, 0.6) is 0 Å². The first-order chi connectivity index (χ1) is 5.65.